The fourth-order valence-electron chi connectivity index (χ4n) is 6.27. The van der Waals surface area contributed by atoms with Gasteiger partial charge in [-0.25, -0.2) is 23.8 Å². The number of alkyl carbamates (subject to hydrolysis) is 1. The molecule has 17 nitrogen and oxygen atoms in total. The molecule has 0 aliphatic carbocycles. The van der Waals surface area contributed by atoms with Crippen LogP contribution in [0.5, 0.6) is 0 Å². The zero-order valence-corrected chi connectivity index (χ0v) is 32.6. The Labute approximate surface area is 342 Å². The van der Waals surface area contributed by atoms with Crippen LogP contribution in [0, 0.1) is 10.1 Å². The number of nitro groups is 1. The normalized spacial score (nSPS) is 18.6. The van der Waals surface area contributed by atoms with Gasteiger partial charge in [0.1, 0.15) is 18.1 Å². The molecule has 1 aliphatic heterocycles. The molecule has 6 rings (SSSR count). The van der Waals surface area contributed by atoms with E-state index in [4.69, 9.17) is 28.3 Å². The SMILES string of the molecule is CS[C@H]1O[C@H](COC(=O)NCCCCCCNc2ccc([N+](=O)[O-])c3nonc23)[C@@H](OC(=O)c2ccccc2)[C@H](OC(=O)c2ccccc2)[C@@H]1OC(=O)c1ccccc1. The summed E-state index contributed by atoms with van der Waals surface area (Å²) in [4.78, 5) is 64.1. The molecule has 4 aromatic carbocycles. The van der Waals surface area contributed by atoms with Gasteiger partial charge in [-0.15, -0.1) is 11.8 Å². The lowest BCUT2D eigenvalue weighted by Gasteiger charge is -2.44. The molecule has 59 heavy (non-hydrogen) atoms. The Balaban J connectivity index is 1.08. The van der Waals surface area contributed by atoms with Crippen LogP contribution in [0.3, 0.4) is 0 Å². The van der Waals surface area contributed by atoms with E-state index in [0.717, 1.165) is 19.3 Å². The highest BCUT2D eigenvalue weighted by Crippen LogP contribution is 2.35. The summed E-state index contributed by atoms with van der Waals surface area (Å²) >= 11 is 1.17. The summed E-state index contributed by atoms with van der Waals surface area (Å²) in [6.45, 7) is 0.467. The van der Waals surface area contributed by atoms with E-state index in [1.54, 1.807) is 103 Å². The number of aromatic nitrogens is 2. The smallest absolute Gasteiger partial charge is 0.407 e. The van der Waals surface area contributed by atoms with Gasteiger partial charge in [-0.2, -0.15) is 0 Å². The van der Waals surface area contributed by atoms with Gasteiger partial charge in [-0.05, 0) is 71.9 Å². The van der Waals surface area contributed by atoms with Gasteiger partial charge in [-0.3, -0.25) is 10.1 Å². The van der Waals surface area contributed by atoms with Crippen molar-refractivity contribution in [3.63, 3.8) is 0 Å². The molecule has 2 heterocycles. The molecule has 1 aliphatic rings. The Morgan fingerprint density at radius 2 is 1.22 bits per heavy atom. The van der Waals surface area contributed by atoms with Crippen LogP contribution in [0.1, 0.15) is 56.8 Å². The molecular weight excluding hydrogens is 787 g/mol. The van der Waals surface area contributed by atoms with Crippen molar-refractivity contribution < 1.29 is 52.4 Å². The molecule has 1 saturated heterocycles. The van der Waals surface area contributed by atoms with Gasteiger partial charge in [0.15, 0.2) is 23.8 Å². The molecule has 0 radical (unpaired) electrons. The zero-order valence-electron chi connectivity index (χ0n) is 31.8. The molecule has 1 aromatic heterocycles. The number of rotatable bonds is 18. The molecular formula is C41H41N5O12S. The predicted octanol–water partition coefficient (Wildman–Crippen LogP) is 6.59. The van der Waals surface area contributed by atoms with Gasteiger partial charge in [0.2, 0.25) is 5.52 Å². The third-order valence-corrected chi connectivity index (χ3v) is 10.1. The highest BCUT2D eigenvalue weighted by Gasteiger charge is 2.53. The number of nitro benzene ring substituents is 1. The Kier molecular flexibility index (Phi) is 14.8. The Hall–Kier alpha value is -6.53. The topological polar surface area (TPSA) is 221 Å². The van der Waals surface area contributed by atoms with Crippen molar-refractivity contribution in [2.75, 3.05) is 31.3 Å². The van der Waals surface area contributed by atoms with Crippen LogP contribution in [0.25, 0.3) is 11.0 Å². The number of esters is 3. The van der Waals surface area contributed by atoms with Crippen molar-refractivity contribution in [1.29, 1.82) is 0 Å². The number of hydrogen-bond donors (Lipinski definition) is 2. The van der Waals surface area contributed by atoms with E-state index in [1.165, 1.54) is 17.8 Å². The van der Waals surface area contributed by atoms with Gasteiger partial charge in [0.25, 0.3) is 0 Å². The van der Waals surface area contributed by atoms with Crippen LogP contribution in [0.2, 0.25) is 0 Å². The van der Waals surface area contributed by atoms with Crippen molar-refractivity contribution in [2.24, 2.45) is 0 Å². The van der Waals surface area contributed by atoms with Crippen LogP contribution < -0.4 is 10.6 Å². The fourth-order valence-corrected chi connectivity index (χ4v) is 7.00. The number of thioether (sulfide) groups is 1. The monoisotopic (exact) mass is 827 g/mol. The molecule has 5 atom stereocenters. The largest absolute Gasteiger partial charge is 0.452 e. The minimum atomic E-state index is -1.39. The van der Waals surface area contributed by atoms with Crippen molar-refractivity contribution in [3.8, 4) is 0 Å². The van der Waals surface area contributed by atoms with E-state index < -0.39 is 65.4 Å². The molecule has 2 N–H and O–H groups in total. The zero-order chi connectivity index (χ0) is 41.6. The summed E-state index contributed by atoms with van der Waals surface area (Å²) in [7, 11) is 0. The first-order valence-corrected chi connectivity index (χ1v) is 20.0. The lowest BCUT2D eigenvalue weighted by atomic mass is 9.98. The highest BCUT2D eigenvalue weighted by atomic mass is 32.2. The summed E-state index contributed by atoms with van der Waals surface area (Å²) in [5.74, 6) is -2.24. The second-order valence-corrected chi connectivity index (χ2v) is 14.1. The lowest BCUT2D eigenvalue weighted by Crippen LogP contribution is -2.61. The summed E-state index contributed by atoms with van der Waals surface area (Å²) in [6.07, 6.45) is -1.22. The summed E-state index contributed by atoms with van der Waals surface area (Å²) in [5.41, 5.74) is 0.445. The van der Waals surface area contributed by atoms with Gasteiger partial charge in [0, 0.05) is 19.2 Å². The fraction of sp³-hybridized carbons (Fsp3) is 0.317. The number of fused-ring (bicyclic) bond motifs is 1. The number of anilines is 1. The summed E-state index contributed by atoms with van der Waals surface area (Å²) in [5, 5.41) is 24.6. The minimum absolute atomic E-state index is 0.0700. The molecule has 308 valence electrons. The molecule has 0 saturated carbocycles. The maximum Gasteiger partial charge on any atom is 0.407 e. The van der Waals surface area contributed by atoms with Gasteiger partial charge >= 0.3 is 29.7 Å². The number of hydrogen-bond acceptors (Lipinski definition) is 16. The second kappa shape index (κ2) is 20.8. The van der Waals surface area contributed by atoms with Gasteiger partial charge in [0.05, 0.1) is 27.3 Å². The number of carbonyl (C=O) groups is 4. The maximum absolute atomic E-state index is 13.6. The van der Waals surface area contributed by atoms with E-state index in [2.05, 4.69) is 20.9 Å². The highest BCUT2D eigenvalue weighted by molar-refractivity contribution is 7.99. The van der Waals surface area contributed by atoms with Crippen molar-refractivity contribution in [2.45, 2.75) is 55.5 Å². The number of unbranched alkanes of at least 4 members (excludes halogenated alkanes) is 3. The Bertz CT molecular complexity index is 2190. The van der Waals surface area contributed by atoms with E-state index in [-0.39, 0.29) is 33.4 Å². The number of benzene rings is 4. The number of ether oxygens (including phenoxy) is 5. The van der Waals surface area contributed by atoms with Crippen molar-refractivity contribution in [3.05, 3.63) is 130 Å². The number of nitrogens with zero attached hydrogens (tertiary/aromatic N) is 3. The minimum Gasteiger partial charge on any atom is -0.452 e. The number of amides is 1. The molecule has 1 amide bonds. The van der Waals surface area contributed by atoms with Crippen LogP contribution in [0.15, 0.2) is 108 Å². The van der Waals surface area contributed by atoms with Gasteiger partial charge in [-0.1, -0.05) is 67.4 Å². The van der Waals surface area contributed by atoms with E-state index >= 15 is 0 Å². The van der Waals surface area contributed by atoms with Crippen LogP contribution >= 0.6 is 11.8 Å². The van der Waals surface area contributed by atoms with Crippen LogP contribution in [0.4, 0.5) is 16.2 Å². The number of nitrogens with one attached hydrogen (secondary N) is 2. The second-order valence-electron chi connectivity index (χ2n) is 13.2. The first-order chi connectivity index (χ1) is 28.7. The van der Waals surface area contributed by atoms with Crippen LogP contribution in [-0.2, 0) is 23.7 Å². The van der Waals surface area contributed by atoms with E-state index in [1.807, 2.05) is 0 Å². The molecule has 1 fully saturated rings. The predicted molar refractivity (Wildman–Crippen MR) is 214 cm³/mol. The molecule has 0 spiro atoms. The van der Waals surface area contributed by atoms with Crippen LogP contribution in [-0.4, -0.2) is 95.0 Å². The molecule has 5 aromatic rings. The third-order valence-electron chi connectivity index (χ3n) is 9.24. The quantitative estimate of drug-likeness (QED) is 0.0313. The maximum atomic E-state index is 13.6. The van der Waals surface area contributed by atoms with Crippen molar-refractivity contribution >= 4 is 58.2 Å². The number of carbonyl (C=O) groups excluding carboxylic acids is 4. The lowest BCUT2D eigenvalue weighted by molar-refractivity contribution is -0.383. The first kappa shape index (κ1) is 42.1. The van der Waals surface area contributed by atoms with Crippen molar-refractivity contribution in [1.82, 2.24) is 15.6 Å². The number of non-ortho nitro benzene ring substituents is 1. The van der Waals surface area contributed by atoms with E-state index in [9.17, 15) is 29.3 Å². The third kappa shape index (κ3) is 11.1. The molecule has 0 unspecified atom stereocenters. The Morgan fingerprint density at radius 1 is 0.695 bits per heavy atom. The summed E-state index contributed by atoms with van der Waals surface area (Å²) in [6, 6.07) is 27.5. The molecule has 18 heteroatoms. The van der Waals surface area contributed by atoms with E-state index in [0.29, 0.717) is 25.2 Å². The van der Waals surface area contributed by atoms with Gasteiger partial charge < -0.3 is 34.3 Å². The average molecular weight is 828 g/mol. The standard InChI is InChI=1S/C41H41N5O12S/c1-59-40-36(57-39(49)28-19-11-6-12-20-28)35(56-38(48)27-17-9-5-10-18-27)34(55-37(47)26-15-7-4-8-16-26)31(54-40)25-53-41(50)43-24-14-3-2-13-23-42-29-21-22-30(46(51)52)33-32(29)44-58-45-33/h4-12,15-22,31,34-36,40,42H,2-3,13-14,23-25H2,1H3,(H,43,50)/t31-,34-,35+,36+,40-/m1/s1. The molecule has 0 bridgehead atoms. The average Bonchev–Trinajstić information content (AvgIpc) is 3.76. The summed E-state index contributed by atoms with van der Waals surface area (Å²) < 4.78 is 34.6. The first-order valence-electron chi connectivity index (χ1n) is 18.7. The Morgan fingerprint density at radius 3 is 1.78 bits per heavy atom.